The summed E-state index contributed by atoms with van der Waals surface area (Å²) in [6.07, 6.45) is 1.44. The van der Waals surface area contributed by atoms with Crippen LogP contribution in [0.1, 0.15) is 49.6 Å². The van der Waals surface area contributed by atoms with Crippen molar-refractivity contribution in [1.82, 2.24) is 4.98 Å². The Morgan fingerprint density at radius 2 is 1.97 bits per heavy atom. The van der Waals surface area contributed by atoms with Crippen molar-refractivity contribution in [2.24, 2.45) is 0 Å². The number of aryl methyl sites for hydroxylation is 4. The molecule has 3 aromatic rings. The van der Waals surface area contributed by atoms with Crippen LogP contribution in [-0.4, -0.2) is 34.4 Å². The van der Waals surface area contributed by atoms with Crippen LogP contribution in [0.2, 0.25) is 0 Å². The molecule has 180 valence electrons. The van der Waals surface area contributed by atoms with Gasteiger partial charge in [0.2, 0.25) is 0 Å². The molecular weight excluding hydrogens is 468 g/mol. The molecule has 8 nitrogen and oxygen atoms in total. The second-order valence-electron chi connectivity index (χ2n) is 8.23. The van der Waals surface area contributed by atoms with Crippen molar-refractivity contribution in [1.29, 1.82) is 0 Å². The first-order valence-electron chi connectivity index (χ1n) is 10.8. The van der Waals surface area contributed by atoms with E-state index in [1.807, 2.05) is 26.0 Å². The number of anilines is 1. The van der Waals surface area contributed by atoms with Gasteiger partial charge in [0.25, 0.3) is 5.78 Å². The number of aromatic nitrogens is 1. The van der Waals surface area contributed by atoms with E-state index in [-0.39, 0.29) is 33.7 Å². The fourth-order valence-electron chi connectivity index (χ4n) is 3.91. The van der Waals surface area contributed by atoms with Crippen molar-refractivity contribution in [3.05, 3.63) is 87.3 Å². The number of nitrogens with zero attached hydrogens (tertiary/aromatic N) is 2. The number of carbonyl (C=O) groups excluding carboxylic acids is 3. The van der Waals surface area contributed by atoms with Crippen LogP contribution in [0.25, 0.3) is 5.76 Å². The van der Waals surface area contributed by atoms with Gasteiger partial charge in [0, 0.05) is 5.56 Å². The van der Waals surface area contributed by atoms with Gasteiger partial charge in [-0.1, -0.05) is 41.7 Å². The summed E-state index contributed by atoms with van der Waals surface area (Å²) >= 11 is 0.929. The number of aliphatic hydroxyl groups is 1. The summed E-state index contributed by atoms with van der Waals surface area (Å²) in [5.41, 5.74) is 2.31. The molecule has 1 atom stereocenters. The van der Waals surface area contributed by atoms with Gasteiger partial charge in [-0.05, 0) is 51.5 Å². The molecule has 35 heavy (non-hydrogen) atoms. The molecule has 3 heterocycles. The number of hydrogen-bond donors (Lipinski definition) is 1. The minimum Gasteiger partial charge on any atom is -0.507 e. The number of hydrogen-bond acceptors (Lipinski definition) is 8. The quantitative estimate of drug-likeness (QED) is 0.171. The van der Waals surface area contributed by atoms with Crippen LogP contribution in [0.4, 0.5) is 5.13 Å². The summed E-state index contributed by atoms with van der Waals surface area (Å²) in [6, 6.07) is 7.77. The molecule has 0 spiro atoms. The summed E-state index contributed by atoms with van der Waals surface area (Å²) in [7, 11) is 0. The van der Waals surface area contributed by atoms with Gasteiger partial charge in [0.15, 0.2) is 5.13 Å². The Morgan fingerprint density at radius 3 is 2.63 bits per heavy atom. The van der Waals surface area contributed by atoms with E-state index < -0.39 is 23.7 Å². The van der Waals surface area contributed by atoms with Crippen molar-refractivity contribution in [2.75, 3.05) is 11.5 Å². The molecule has 1 aromatic carbocycles. The van der Waals surface area contributed by atoms with Gasteiger partial charge in [0.05, 0.1) is 11.3 Å². The van der Waals surface area contributed by atoms with Crippen LogP contribution in [0, 0.1) is 27.7 Å². The molecule has 1 fully saturated rings. The molecule has 1 amide bonds. The predicted molar refractivity (Wildman–Crippen MR) is 131 cm³/mol. The highest BCUT2D eigenvalue weighted by Crippen LogP contribution is 2.44. The number of esters is 1. The molecule has 2 aromatic heterocycles. The predicted octanol–water partition coefficient (Wildman–Crippen LogP) is 4.94. The first-order valence-corrected chi connectivity index (χ1v) is 11.7. The van der Waals surface area contributed by atoms with E-state index >= 15 is 0 Å². The molecule has 0 saturated carbocycles. The normalized spacial score (nSPS) is 17.1. The van der Waals surface area contributed by atoms with Crippen molar-refractivity contribution < 1.29 is 28.6 Å². The summed E-state index contributed by atoms with van der Waals surface area (Å²) in [5.74, 6) is -1.80. The van der Waals surface area contributed by atoms with Gasteiger partial charge < -0.3 is 14.3 Å². The highest BCUT2D eigenvalue weighted by molar-refractivity contribution is 7.17. The van der Waals surface area contributed by atoms with Crippen LogP contribution >= 0.6 is 11.3 Å². The number of furan rings is 1. The third-order valence-corrected chi connectivity index (χ3v) is 6.77. The molecule has 1 N–H and O–H groups in total. The average Bonchev–Trinajstić information content (AvgIpc) is 3.49. The van der Waals surface area contributed by atoms with E-state index in [9.17, 15) is 19.5 Å². The number of benzene rings is 1. The average molecular weight is 493 g/mol. The van der Waals surface area contributed by atoms with Crippen molar-refractivity contribution in [3.63, 3.8) is 0 Å². The Bertz CT molecular complexity index is 1400. The van der Waals surface area contributed by atoms with Crippen LogP contribution in [0.15, 0.2) is 53.0 Å². The second kappa shape index (κ2) is 9.34. The molecule has 1 aliphatic heterocycles. The number of Topliss-reactive ketones (excluding diaryl/α,β-unsaturated/α-hetero) is 1. The topological polar surface area (TPSA) is 110 Å². The Morgan fingerprint density at radius 1 is 1.23 bits per heavy atom. The largest absolute Gasteiger partial charge is 0.507 e. The molecule has 9 heteroatoms. The SMILES string of the molecule is C=CCOC(=O)c1sc(N2C(=O)C(=O)/C(=C(/O)c3cc(C)ccc3C)C2c2ccc(C)o2)nc1C. The maximum atomic E-state index is 13.3. The maximum absolute atomic E-state index is 13.3. The number of rotatable bonds is 6. The molecule has 1 aliphatic rings. The van der Waals surface area contributed by atoms with E-state index in [1.54, 1.807) is 32.0 Å². The fourth-order valence-corrected chi connectivity index (χ4v) is 4.90. The lowest BCUT2D eigenvalue weighted by atomic mass is 9.96. The molecule has 1 saturated heterocycles. The van der Waals surface area contributed by atoms with Gasteiger partial charge in [-0.3, -0.25) is 14.5 Å². The molecule has 4 rings (SSSR count). The van der Waals surface area contributed by atoms with Gasteiger partial charge in [0.1, 0.15) is 34.8 Å². The smallest absolute Gasteiger partial charge is 0.350 e. The highest BCUT2D eigenvalue weighted by atomic mass is 32.1. The minimum atomic E-state index is -1.06. The highest BCUT2D eigenvalue weighted by Gasteiger charge is 2.50. The van der Waals surface area contributed by atoms with Gasteiger partial charge in [-0.15, -0.1) is 0 Å². The van der Waals surface area contributed by atoms with Crippen LogP contribution in [0.3, 0.4) is 0 Å². The second-order valence-corrected chi connectivity index (χ2v) is 9.21. The number of ketones is 1. The van der Waals surface area contributed by atoms with Crippen molar-refractivity contribution in [2.45, 2.75) is 33.7 Å². The Hall–Kier alpha value is -3.98. The Balaban J connectivity index is 1.90. The van der Waals surface area contributed by atoms with Crippen molar-refractivity contribution in [3.8, 4) is 0 Å². The summed E-state index contributed by atoms with van der Waals surface area (Å²) in [6.45, 7) is 10.6. The summed E-state index contributed by atoms with van der Waals surface area (Å²) in [5, 5.41) is 11.4. The monoisotopic (exact) mass is 492 g/mol. The van der Waals surface area contributed by atoms with E-state index in [2.05, 4.69) is 11.6 Å². The standard InChI is InChI=1S/C26H24N2O6S/c1-6-11-33-25(32)23-16(5)27-26(35-23)28-20(18-10-9-15(4)34-18)19(22(30)24(28)31)21(29)17-12-13(2)7-8-14(17)3/h6-10,12,20,29H,1,11H2,2-5H3/b21-19+. The van der Waals surface area contributed by atoms with Crippen molar-refractivity contribution >= 4 is 39.9 Å². The maximum Gasteiger partial charge on any atom is 0.350 e. The first-order chi connectivity index (χ1) is 16.6. The Labute approximate surface area is 206 Å². The number of carbonyl (C=O) groups is 3. The van der Waals surface area contributed by atoms with Gasteiger partial charge in [-0.2, -0.15) is 0 Å². The first kappa shape index (κ1) is 24.2. The third kappa shape index (κ3) is 4.30. The van der Waals surface area contributed by atoms with Crippen LogP contribution in [0.5, 0.6) is 0 Å². The number of thiazole rings is 1. The fraction of sp³-hybridized carbons (Fsp3) is 0.231. The summed E-state index contributed by atoms with van der Waals surface area (Å²) < 4.78 is 10.9. The van der Waals surface area contributed by atoms with E-state index in [0.717, 1.165) is 22.5 Å². The van der Waals surface area contributed by atoms with E-state index in [0.29, 0.717) is 17.0 Å². The lowest BCUT2D eigenvalue weighted by molar-refractivity contribution is -0.132. The lowest BCUT2D eigenvalue weighted by Crippen LogP contribution is -2.29. The van der Waals surface area contributed by atoms with E-state index in [1.165, 1.54) is 11.0 Å². The van der Waals surface area contributed by atoms with Crippen LogP contribution in [-0.2, 0) is 14.3 Å². The van der Waals surface area contributed by atoms with Crippen LogP contribution < -0.4 is 4.90 Å². The lowest BCUT2D eigenvalue weighted by Gasteiger charge is -2.21. The minimum absolute atomic E-state index is 0.0253. The molecule has 0 bridgehead atoms. The number of ether oxygens (including phenoxy) is 1. The zero-order valence-corrected chi connectivity index (χ0v) is 20.6. The zero-order valence-electron chi connectivity index (χ0n) is 19.7. The molecule has 1 unspecified atom stereocenters. The molecular formula is C26H24N2O6S. The van der Waals surface area contributed by atoms with Gasteiger partial charge in [-0.25, -0.2) is 9.78 Å². The Kier molecular flexibility index (Phi) is 6.45. The molecule has 0 radical (unpaired) electrons. The number of aliphatic hydroxyl groups excluding tert-OH is 1. The molecule has 0 aliphatic carbocycles. The van der Waals surface area contributed by atoms with E-state index in [4.69, 9.17) is 9.15 Å². The van der Waals surface area contributed by atoms with Gasteiger partial charge >= 0.3 is 11.9 Å². The summed E-state index contributed by atoms with van der Waals surface area (Å²) in [4.78, 5) is 44.8. The third-order valence-electron chi connectivity index (χ3n) is 5.63. The zero-order chi connectivity index (χ0) is 25.4. The number of amides is 1.